The zero-order valence-electron chi connectivity index (χ0n) is 7.89. The van der Waals surface area contributed by atoms with Gasteiger partial charge in [0.15, 0.2) is 0 Å². The van der Waals surface area contributed by atoms with E-state index in [1.807, 2.05) is 0 Å². The predicted molar refractivity (Wildman–Crippen MR) is 62.3 cm³/mol. The van der Waals surface area contributed by atoms with E-state index in [0.717, 1.165) is 10.7 Å². The minimum atomic E-state index is 0.823. The molecule has 0 radical (unpaired) electrons. The Bertz CT molecular complexity index is 116. The Morgan fingerprint density at radius 3 is 2.75 bits per heavy atom. The largest absolute Gasteiger partial charge is 0.162 e. The highest BCUT2D eigenvalue weighted by Crippen LogP contribution is 2.32. The van der Waals surface area contributed by atoms with Gasteiger partial charge in [-0.25, -0.2) is 0 Å². The highest BCUT2D eigenvalue weighted by molar-refractivity contribution is 9.09. The maximum absolute atomic E-state index is 3.80. The number of hydrogen-bond donors (Lipinski definition) is 0. The molecular weight excluding hydrogens is 232 g/mol. The van der Waals surface area contributed by atoms with Gasteiger partial charge in [0, 0.05) is 4.83 Å². The fourth-order valence-electron chi connectivity index (χ4n) is 1.87. The zero-order chi connectivity index (χ0) is 8.81. The first-order chi connectivity index (χ1) is 5.84. The molecule has 0 spiro atoms. The molecule has 12 heavy (non-hydrogen) atoms. The molecular formula is C10H19BrS. The monoisotopic (exact) mass is 250 g/mol. The number of thioether (sulfide) groups is 1. The van der Waals surface area contributed by atoms with Gasteiger partial charge in [0.25, 0.3) is 0 Å². The molecule has 2 atom stereocenters. The number of halogens is 1. The zero-order valence-corrected chi connectivity index (χ0v) is 10.3. The lowest BCUT2D eigenvalue weighted by Crippen LogP contribution is -2.19. The van der Waals surface area contributed by atoms with Gasteiger partial charge in [0.1, 0.15) is 0 Å². The van der Waals surface area contributed by atoms with Gasteiger partial charge >= 0.3 is 0 Å². The van der Waals surface area contributed by atoms with E-state index in [1.54, 1.807) is 0 Å². The topological polar surface area (TPSA) is 0 Å². The second kappa shape index (κ2) is 6.31. The van der Waals surface area contributed by atoms with Crippen molar-refractivity contribution in [1.82, 2.24) is 0 Å². The standard InChI is InChI=1S/C10H19BrS/c1-2-12-8-7-9-5-3-4-6-10(9)11/h9-10H,2-8H2,1H3. The van der Waals surface area contributed by atoms with Gasteiger partial charge in [-0.2, -0.15) is 11.8 Å². The molecule has 0 N–H and O–H groups in total. The molecule has 1 aliphatic rings. The molecule has 1 fully saturated rings. The molecule has 0 nitrogen and oxygen atoms in total. The minimum Gasteiger partial charge on any atom is -0.162 e. The van der Waals surface area contributed by atoms with Crippen molar-refractivity contribution in [3.8, 4) is 0 Å². The molecule has 0 heterocycles. The molecule has 0 aliphatic heterocycles. The van der Waals surface area contributed by atoms with Crippen LogP contribution < -0.4 is 0 Å². The van der Waals surface area contributed by atoms with Crippen LogP contribution in [0.4, 0.5) is 0 Å². The Labute approximate surface area is 89.0 Å². The van der Waals surface area contributed by atoms with Gasteiger partial charge < -0.3 is 0 Å². The van der Waals surface area contributed by atoms with E-state index in [1.165, 1.54) is 43.6 Å². The third-order valence-corrected chi connectivity index (χ3v) is 4.79. The van der Waals surface area contributed by atoms with E-state index in [-0.39, 0.29) is 0 Å². The van der Waals surface area contributed by atoms with Gasteiger partial charge in [-0.05, 0) is 36.7 Å². The van der Waals surface area contributed by atoms with Crippen molar-refractivity contribution in [2.24, 2.45) is 5.92 Å². The lowest BCUT2D eigenvalue weighted by molar-refractivity contribution is 0.368. The number of hydrogen-bond acceptors (Lipinski definition) is 1. The Morgan fingerprint density at radius 1 is 1.33 bits per heavy atom. The summed E-state index contributed by atoms with van der Waals surface area (Å²) >= 11 is 5.88. The van der Waals surface area contributed by atoms with Crippen LogP contribution in [0.3, 0.4) is 0 Å². The van der Waals surface area contributed by atoms with E-state index >= 15 is 0 Å². The first-order valence-corrected chi connectivity index (χ1v) is 7.13. The highest BCUT2D eigenvalue weighted by atomic mass is 79.9. The maximum atomic E-state index is 3.80. The van der Waals surface area contributed by atoms with E-state index in [2.05, 4.69) is 34.6 Å². The summed E-state index contributed by atoms with van der Waals surface area (Å²) in [6.07, 6.45) is 7.19. The number of rotatable bonds is 4. The van der Waals surface area contributed by atoms with Gasteiger partial charge in [0.05, 0.1) is 0 Å². The van der Waals surface area contributed by atoms with Gasteiger partial charge in [-0.1, -0.05) is 35.7 Å². The van der Waals surface area contributed by atoms with Crippen molar-refractivity contribution in [2.45, 2.75) is 43.9 Å². The average molecular weight is 251 g/mol. The molecule has 2 heteroatoms. The highest BCUT2D eigenvalue weighted by Gasteiger charge is 2.21. The van der Waals surface area contributed by atoms with Crippen LogP contribution in [0.5, 0.6) is 0 Å². The van der Waals surface area contributed by atoms with Crippen LogP contribution >= 0.6 is 27.7 Å². The van der Waals surface area contributed by atoms with Crippen LogP contribution in [-0.4, -0.2) is 16.3 Å². The summed E-state index contributed by atoms with van der Waals surface area (Å²) < 4.78 is 0. The molecule has 72 valence electrons. The van der Waals surface area contributed by atoms with Crippen molar-refractivity contribution in [3.05, 3.63) is 0 Å². The summed E-state index contributed by atoms with van der Waals surface area (Å²) in [6, 6.07) is 0. The van der Waals surface area contributed by atoms with Gasteiger partial charge in [-0.15, -0.1) is 0 Å². The molecule has 0 bridgehead atoms. The van der Waals surface area contributed by atoms with Crippen molar-refractivity contribution in [2.75, 3.05) is 11.5 Å². The van der Waals surface area contributed by atoms with Crippen LogP contribution in [0.2, 0.25) is 0 Å². The third-order valence-electron chi connectivity index (χ3n) is 2.65. The normalized spacial score (nSPS) is 30.5. The minimum absolute atomic E-state index is 0.823. The second-order valence-electron chi connectivity index (χ2n) is 3.55. The molecule has 1 aliphatic carbocycles. The van der Waals surface area contributed by atoms with E-state index in [0.29, 0.717) is 0 Å². The average Bonchev–Trinajstić information content (AvgIpc) is 2.09. The van der Waals surface area contributed by atoms with Gasteiger partial charge in [-0.3, -0.25) is 0 Å². The predicted octanol–water partition coefficient (Wildman–Crippen LogP) is 4.08. The van der Waals surface area contributed by atoms with Crippen molar-refractivity contribution >= 4 is 27.7 Å². The Hall–Kier alpha value is 0.830. The maximum Gasteiger partial charge on any atom is 0.0174 e. The van der Waals surface area contributed by atoms with E-state index in [9.17, 15) is 0 Å². The summed E-state index contributed by atoms with van der Waals surface area (Å²) in [5, 5.41) is 0. The quantitative estimate of drug-likeness (QED) is 0.536. The first-order valence-electron chi connectivity index (χ1n) is 5.06. The lowest BCUT2D eigenvalue weighted by Gasteiger charge is -2.27. The van der Waals surface area contributed by atoms with Crippen LogP contribution in [0.25, 0.3) is 0 Å². The van der Waals surface area contributed by atoms with Crippen LogP contribution in [0.1, 0.15) is 39.0 Å². The fraction of sp³-hybridized carbons (Fsp3) is 1.00. The molecule has 1 rings (SSSR count). The second-order valence-corrected chi connectivity index (χ2v) is 6.12. The molecule has 0 aromatic heterocycles. The Kier molecular flexibility index (Phi) is 5.73. The lowest BCUT2D eigenvalue weighted by atomic mass is 9.87. The van der Waals surface area contributed by atoms with Crippen LogP contribution in [0.15, 0.2) is 0 Å². The molecule has 2 unspecified atom stereocenters. The van der Waals surface area contributed by atoms with Gasteiger partial charge in [0.2, 0.25) is 0 Å². The summed E-state index contributed by atoms with van der Waals surface area (Å²) in [5.41, 5.74) is 0. The Morgan fingerprint density at radius 2 is 2.08 bits per heavy atom. The summed E-state index contributed by atoms with van der Waals surface area (Å²) in [5.74, 6) is 3.61. The molecule has 0 aromatic rings. The summed E-state index contributed by atoms with van der Waals surface area (Å²) in [7, 11) is 0. The van der Waals surface area contributed by atoms with Crippen molar-refractivity contribution in [1.29, 1.82) is 0 Å². The molecule has 0 amide bonds. The molecule has 1 saturated carbocycles. The van der Waals surface area contributed by atoms with Crippen LogP contribution in [0, 0.1) is 5.92 Å². The van der Waals surface area contributed by atoms with Crippen molar-refractivity contribution in [3.63, 3.8) is 0 Å². The first kappa shape index (κ1) is 10.9. The fourth-order valence-corrected chi connectivity index (χ4v) is 3.48. The van der Waals surface area contributed by atoms with E-state index in [4.69, 9.17) is 0 Å². The summed E-state index contributed by atoms with van der Waals surface area (Å²) in [4.78, 5) is 0.823. The molecule has 0 saturated heterocycles. The number of alkyl halides is 1. The Balaban J connectivity index is 2.11. The van der Waals surface area contributed by atoms with Crippen molar-refractivity contribution < 1.29 is 0 Å². The SMILES string of the molecule is CCSCCC1CCCCC1Br. The van der Waals surface area contributed by atoms with Crippen LogP contribution in [-0.2, 0) is 0 Å². The smallest absolute Gasteiger partial charge is 0.0174 e. The summed E-state index contributed by atoms with van der Waals surface area (Å²) in [6.45, 7) is 2.25. The molecule has 0 aromatic carbocycles. The third kappa shape index (κ3) is 3.69. The van der Waals surface area contributed by atoms with E-state index < -0.39 is 0 Å².